The fourth-order valence-electron chi connectivity index (χ4n) is 3.81. The first-order valence-electron chi connectivity index (χ1n) is 8.56. The molecule has 7 heteroatoms. The van der Waals surface area contributed by atoms with Crippen LogP contribution in [0.3, 0.4) is 0 Å². The summed E-state index contributed by atoms with van der Waals surface area (Å²) in [5.41, 5.74) is 3.45. The standard InChI is InChI=1S/C21H13NO5S/c23-20-14-4-2-1-3-11(14)7-12-8-16-19(10-15(12)20)22-18-6-5-13(28(25,26)27)9-17(18)21(16)24/h1-6,8-10H,7H2,(H,22,24)(H,25,26,27). The van der Waals surface area contributed by atoms with Crippen molar-refractivity contribution >= 4 is 37.7 Å². The Bertz CT molecular complexity index is 1500. The Morgan fingerprint density at radius 1 is 0.821 bits per heavy atom. The molecule has 1 aliphatic rings. The Morgan fingerprint density at radius 2 is 1.57 bits per heavy atom. The number of benzene rings is 3. The number of fused-ring (bicyclic) bond motifs is 4. The fourth-order valence-corrected chi connectivity index (χ4v) is 4.32. The van der Waals surface area contributed by atoms with Gasteiger partial charge in [-0.3, -0.25) is 14.1 Å². The van der Waals surface area contributed by atoms with Crippen molar-refractivity contribution in [1.82, 2.24) is 4.98 Å². The lowest BCUT2D eigenvalue weighted by molar-refractivity contribution is 0.103. The van der Waals surface area contributed by atoms with Gasteiger partial charge in [-0.2, -0.15) is 8.42 Å². The highest BCUT2D eigenvalue weighted by Crippen LogP contribution is 2.30. The monoisotopic (exact) mass is 391 g/mol. The molecule has 0 fully saturated rings. The van der Waals surface area contributed by atoms with Crippen LogP contribution in [0.1, 0.15) is 27.0 Å². The van der Waals surface area contributed by atoms with Crippen LogP contribution < -0.4 is 5.43 Å². The van der Waals surface area contributed by atoms with Crippen molar-refractivity contribution in [3.05, 3.63) is 87.1 Å². The van der Waals surface area contributed by atoms with E-state index in [1.54, 1.807) is 18.2 Å². The van der Waals surface area contributed by atoms with E-state index in [0.29, 0.717) is 34.0 Å². The number of ketones is 1. The molecule has 0 unspecified atom stereocenters. The molecule has 0 saturated heterocycles. The van der Waals surface area contributed by atoms with Gasteiger partial charge in [-0.15, -0.1) is 0 Å². The van der Waals surface area contributed by atoms with E-state index in [9.17, 15) is 22.6 Å². The number of carbonyl (C=O) groups is 1. The van der Waals surface area contributed by atoms with Crippen LogP contribution in [0.15, 0.2) is 64.3 Å². The lowest BCUT2D eigenvalue weighted by Crippen LogP contribution is -2.16. The summed E-state index contributed by atoms with van der Waals surface area (Å²) in [7, 11) is -4.42. The maximum Gasteiger partial charge on any atom is 0.294 e. The van der Waals surface area contributed by atoms with Crippen LogP contribution in [-0.2, 0) is 16.5 Å². The number of H-pyrrole nitrogens is 1. The summed E-state index contributed by atoms with van der Waals surface area (Å²) in [6, 6.07) is 14.6. The number of hydrogen-bond donors (Lipinski definition) is 2. The zero-order valence-corrected chi connectivity index (χ0v) is 15.2. The zero-order chi connectivity index (χ0) is 19.6. The topological polar surface area (TPSA) is 104 Å². The van der Waals surface area contributed by atoms with Crippen LogP contribution in [0.2, 0.25) is 0 Å². The molecule has 0 spiro atoms. The van der Waals surface area contributed by atoms with Gasteiger partial charge in [0.05, 0.1) is 10.4 Å². The molecule has 0 bridgehead atoms. The molecule has 28 heavy (non-hydrogen) atoms. The second-order valence-electron chi connectivity index (χ2n) is 6.85. The first-order chi connectivity index (χ1) is 13.3. The van der Waals surface area contributed by atoms with Gasteiger partial charge in [0.15, 0.2) is 11.2 Å². The summed E-state index contributed by atoms with van der Waals surface area (Å²) in [6.07, 6.45) is 0.537. The molecule has 1 aromatic heterocycles. The summed E-state index contributed by atoms with van der Waals surface area (Å²) in [4.78, 5) is 28.6. The molecule has 4 aromatic rings. The van der Waals surface area contributed by atoms with Crippen LogP contribution >= 0.6 is 0 Å². The van der Waals surface area contributed by atoms with E-state index in [4.69, 9.17) is 0 Å². The van der Waals surface area contributed by atoms with Crippen molar-refractivity contribution in [2.45, 2.75) is 11.3 Å². The van der Waals surface area contributed by atoms with Crippen LogP contribution in [0.25, 0.3) is 21.8 Å². The Balaban J connectivity index is 1.81. The smallest absolute Gasteiger partial charge is 0.294 e. The molecule has 1 heterocycles. The molecule has 0 atom stereocenters. The number of nitrogens with one attached hydrogen (secondary N) is 1. The van der Waals surface area contributed by atoms with Gasteiger partial charge in [0, 0.05) is 27.4 Å². The first-order valence-corrected chi connectivity index (χ1v) is 10.00. The van der Waals surface area contributed by atoms with E-state index in [1.165, 1.54) is 12.1 Å². The Hall–Kier alpha value is -3.29. The van der Waals surface area contributed by atoms with E-state index in [-0.39, 0.29) is 21.5 Å². The summed E-state index contributed by atoms with van der Waals surface area (Å²) >= 11 is 0. The van der Waals surface area contributed by atoms with Gasteiger partial charge in [0.1, 0.15) is 0 Å². The van der Waals surface area contributed by atoms with Crippen LogP contribution in [0, 0.1) is 0 Å². The lowest BCUT2D eigenvalue weighted by atomic mass is 9.84. The Morgan fingerprint density at radius 3 is 2.36 bits per heavy atom. The molecular formula is C21H13NO5S. The Labute approximate surface area is 159 Å². The van der Waals surface area contributed by atoms with Gasteiger partial charge in [0.25, 0.3) is 10.1 Å². The molecule has 0 radical (unpaired) electrons. The molecule has 2 N–H and O–H groups in total. The predicted octanol–water partition coefficient (Wildman–Crippen LogP) is 3.06. The van der Waals surface area contributed by atoms with Gasteiger partial charge in [-0.05, 0) is 47.9 Å². The second kappa shape index (κ2) is 5.60. The minimum absolute atomic E-state index is 0.0820. The van der Waals surface area contributed by atoms with E-state index >= 15 is 0 Å². The predicted molar refractivity (Wildman–Crippen MR) is 105 cm³/mol. The zero-order valence-electron chi connectivity index (χ0n) is 14.4. The molecule has 1 aliphatic carbocycles. The van der Waals surface area contributed by atoms with Crippen molar-refractivity contribution < 1.29 is 17.8 Å². The first kappa shape index (κ1) is 16.9. The average Bonchev–Trinajstić information content (AvgIpc) is 2.67. The van der Waals surface area contributed by atoms with E-state index < -0.39 is 10.1 Å². The van der Waals surface area contributed by atoms with Gasteiger partial charge < -0.3 is 4.98 Å². The number of aromatic nitrogens is 1. The normalized spacial score (nSPS) is 13.5. The minimum atomic E-state index is -4.42. The van der Waals surface area contributed by atoms with Crippen LogP contribution in [-0.4, -0.2) is 23.7 Å². The van der Waals surface area contributed by atoms with Crippen molar-refractivity contribution in [3.63, 3.8) is 0 Å². The second-order valence-corrected chi connectivity index (χ2v) is 8.28. The summed E-state index contributed by atoms with van der Waals surface area (Å²) in [5, 5.41) is 0.524. The van der Waals surface area contributed by atoms with Crippen molar-refractivity contribution in [2.24, 2.45) is 0 Å². The summed E-state index contributed by atoms with van der Waals surface area (Å²) < 4.78 is 32.1. The van der Waals surface area contributed by atoms with Gasteiger partial charge in [0.2, 0.25) is 0 Å². The molecule has 138 valence electrons. The van der Waals surface area contributed by atoms with Crippen LogP contribution in [0.4, 0.5) is 0 Å². The largest absolute Gasteiger partial charge is 0.354 e. The summed E-state index contributed by atoms with van der Waals surface area (Å²) in [6.45, 7) is 0. The number of pyridine rings is 1. The van der Waals surface area contributed by atoms with Crippen molar-refractivity contribution in [3.8, 4) is 0 Å². The maximum atomic E-state index is 13.0. The third-order valence-electron chi connectivity index (χ3n) is 5.18. The number of rotatable bonds is 1. The van der Waals surface area contributed by atoms with Gasteiger partial charge in [-0.25, -0.2) is 0 Å². The Kier molecular flexibility index (Phi) is 3.37. The SMILES string of the molecule is O=C1c2ccccc2Cc2cc3c(=O)c4cc(S(=O)(=O)O)ccc4[nH]c3cc21. The molecule has 3 aromatic carbocycles. The highest BCUT2D eigenvalue weighted by molar-refractivity contribution is 7.85. The van der Waals surface area contributed by atoms with Gasteiger partial charge in [-0.1, -0.05) is 24.3 Å². The molecule has 6 nitrogen and oxygen atoms in total. The third kappa shape index (κ3) is 2.41. The van der Waals surface area contributed by atoms with Crippen molar-refractivity contribution in [2.75, 3.05) is 0 Å². The van der Waals surface area contributed by atoms with Crippen LogP contribution in [0.5, 0.6) is 0 Å². The molecular weight excluding hydrogens is 378 g/mol. The number of aromatic amines is 1. The molecule has 0 saturated carbocycles. The highest BCUT2D eigenvalue weighted by Gasteiger charge is 2.24. The highest BCUT2D eigenvalue weighted by atomic mass is 32.2. The quantitative estimate of drug-likeness (QED) is 0.338. The molecule has 0 amide bonds. The number of carbonyl (C=O) groups excluding carboxylic acids is 1. The maximum absolute atomic E-state index is 13.0. The fraction of sp³-hybridized carbons (Fsp3) is 0.0476. The average molecular weight is 391 g/mol. The lowest BCUT2D eigenvalue weighted by Gasteiger charge is -2.19. The number of hydrogen-bond acceptors (Lipinski definition) is 4. The minimum Gasteiger partial charge on any atom is -0.354 e. The van der Waals surface area contributed by atoms with E-state index in [2.05, 4.69) is 4.98 Å². The molecule has 0 aliphatic heterocycles. The third-order valence-corrected chi connectivity index (χ3v) is 6.03. The van der Waals surface area contributed by atoms with Crippen molar-refractivity contribution in [1.29, 1.82) is 0 Å². The van der Waals surface area contributed by atoms with E-state index in [0.717, 1.165) is 17.2 Å². The van der Waals surface area contributed by atoms with E-state index in [1.807, 2.05) is 18.2 Å². The molecule has 5 rings (SSSR count). The summed E-state index contributed by atoms with van der Waals surface area (Å²) in [5.74, 6) is -0.0820. The van der Waals surface area contributed by atoms with Gasteiger partial charge >= 0.3 is 0 Å².